The van der Waals surface area contributed by atoms with E-state index >= 15 is 0 Å². The third-order valence-corrected chi connectivity index (χ3v) is 2.87. The highest BCUT2D eigenvalue weighted by atomic mass is 16.6. The Morgan fingerprint density at radius 3 is 2.18 bits per heavy atom. The van der Waals surface area contributed by atoms with Crippen LogP contribution in [0.5, 0.6) is 0 Å². The summed E-state index contributed by atoms with van der Waals surface area (Å²) in [5.74, 6) is 0. The molecule has 3 fully saturated rings. The van der Waals surface area contributed by atoms with E-state index in [2.05, 4.69) is 6.58 Å². The van der Waals surface area contributed by atoms with Gasteiger partial charge < -0.3 is 9.47 Å². The molecule has 60 valence electrons. The largest absolute Gasteiger partial charge is 0.365 e. The fourth-order valence-corrected chi connectivity index (χ4v) is 2.06. The summed E-state index contributed by atoms with van der Waals surface area (Å²) in [6.45, 7) is 4.01. The number of fused-ring (bicyclic) bond motifs is 2. The van der Waals surface area contributed by atoms with Crippen LogP contribution >= 0.6 is 0 Å². The van der Waals surface area contributed by atoms with Gasteiger partial charge >= 0.3 is 0 Å². The van der Waals surface area contributed by atoms with Crippen LogP contribution in [0.25, 0.3) is 0 Å². The number of hydrogen-bond acceptors (Lipinski definition) is 2. The van der Waals surface area contributed by atoms with Gasteiger partial charge in [0, 0.05) is 0 Å². The van der Waals surface area contributed by atoms with Crippen LogP contribution < -0.4 is 0 Å². The summed E-state index contributed by atoms with van der Waals surface area (Å²) in [4.78, 5) is 0. The highest BCUT2D eigenvalue weighted by Crippen LogP contribution is 2.44. The minimum Gasteiger partial charge on any atom is -0.365 e. The van der Waals surface area contributed by atoms with Gasteiger partial charge in [0.15, 0.2) is 0 Å². The molecule has 0 unspecified atom stereocenters. The molecule has 2 saturated heterocycles. The summed E-state index contributed by atoms with van der Waals surface area (Å²) in [6, 6.07) is 0. The molecule has 1 saturated carbocycles. The van der Waals surface area contributed by atoms with Gasteiger partial charge in [-0.3, -0.25) is 0 Å². The molecular weight excluding hydrogens is 140 g/mol. The second-order valence-electron chi connectivity index (χ2n) is 3.70. The average Bonchev–Trinajstić information content (AvgIpc) is 2.80. The SMILES string of the molecule is C=C1[C@@H]2O[C@@H]2CCC[C@H]2O[C@@H]12. The number of epoxide rings is 2. The summed E-state index contributed by atoms with van der Waals surface area (Å²) in [6.07, 6.45) is 5.36. The van der Waals surface area contributed by atoms with Crippen molar-refractivity contribution in [2.45, 2.75) is 43.7 Å². The van der Waals surface area contributed by atoms with Crippen molar-refractivity contribution in [1.82, 2.24) is 0 Å². The van der Waals surface area contributed by atoms with Crippen LogP contribution in [0.4, 0.5) is 0 Å². The van der Waals surface area contributed by atoms with Gasteiger partial charge in [-0.1, -0.05) is 6.58 Å². The highest BCUT2D eigenvalue weighted by Gasteiger charge is 2.52. The van der Waals surface area contributed by atoms with E-state index in [1.54, 1.807) is 0 Å². The second kappa shape index (κ2) is 1.87. The molecule has 0 amide bonds. The van der Waals surface area contributed by atoms with Crippen molar-refractivity contribution in [3.8, 4) is 0 Å². The van der Waals surface area contributed by atoms with Crippen molar-refractivity contribution in [3.63, 3.8) is 0 Å². The van der Waals surface area contributed by atoms with E-state index < -0.39 is 0 Å². The fraction of sp³-hybridized carbons (Fsp3) is 0.778. The van der Waals surface area contributed by atoms with Crippen molar-refractivity contribution < 1.29 is 9.47 Å². The molecule has 3 aliphatic rings. The molecule has 2 heteroatoms. The van der Waals surface area contributed by atoms with Crippen molar-refractivity contribution in [1.29, 1.82) is 0 Å². The number of ether oxygens (including phenoxy) is 2. The number of hydrogen-bond donors (Lipinski definition) is 0. The number of rotatable bonds is 0. The molecule has 0 aromatic heterocycles. The van der Waals surface area contributed by atoms with Crippen molar-refractivity contribution in [2.24, 2.45) is 0 Å². The smallest absolute Gasteiger partial charge is 0.107 e. The molecule has 0 radical (unpaired) electrons. The minimum atomic E-state index is 0.352. The molecular formula is C9H12O2. The maximum Gasteiger partial charge on any atom is 0.107 e. The molecule has 11 heavy (non-hydrogen) atoms. The van der Waals surface area contributed by atoms with Crippen LogP contribution in [0.2, 0.25) is 0 Å². The molecule has 0 aromatic carbocycles. The zero-order valence-electron chi connectivity index (χ0n) is 6.45. The van der Waals surface area contributed by atoms with Gasteiger partial charge in [0.05, 0.1) is 12.2 Å². The molecule has 2 nitrogen and oxygen atoms in total. The lowest BCUT2D eigenvalue weighted by molar-refractivity contribution is 0.334. The third-order valence-electron chi connectivity index (χ3n) is 2.87. The first kappa shape index (κ1) is 6.21. The van der Waals surface area contributed by atoms with E-state index in [1.807, 2.05) is 0 Å². The van der Waals surface area contributed by atoms with E-state index in [-0.39, 0.29) is 0 Å². The zero-order chi connectivity index (χ0) is 7.42. The molecule has 1 aliphatic carbocycles. The van der Waals surface area contributed by atoms with Crippen LogP contribution in [-0.4, -0.2) is 24.4 Å². The lowest BCUT2D eigenvalue weighted by Gasteiger charge is -2.00. The molecule has 0 spiro atoms. The minimum absolute atomic E-state index is 0.352. The first-order valence-corrected chi connectivity index (χ1v) is 4.36. The topological polar surface area (TPSA) is 25.1 Å². The summed E-state index contributed by atoms with van der Waals surface area (Å²) in [5, 5.41) is 0. The Labute approximate surface area is 66.2 Å². The Bertz CT molecular complexity index is 192. The van der Waals surface area contributed by atoms with Gasteiger partial charge in [-0.2, -0.15) is 0 Å². The van der Waals surface area contributed by atoms with Gasteiger partial charge in [-0.15, -0.1) is 0 Å². The summed E-state index contributed by atoms with van der Waals surface area (Å²) < 4.78 is 10.9. The maximum atomic E-state index is 5.47. The van der Waals surface area contributed by atoms with E-state index in [9.17, 15) is 0 Å². The molecule has 4 atom stereocenters. The molecule has 0 N–H and O–H groups in total. The molecule has 2 heterocycles. The van der Waals surface area contributed by atoms with Crippen LogP contribution in [0.15, 0.2) is 12.2 Å². The molecule has 3 rings (SSSR count). The predicted molar refractivity (Wildman–Crippen MR) is 40.3 cm³/mol. The predicted octanol–water partition coefficient (Wildman–Crippen LogP) is 1.26. The van der Waals surface area contributed by atoms with Gasteiger partial charge in [0.25, 0.3) is 0 Å². The third kappa shape index (κ3) is 0.861. The molecule has 2 aliphatic heterocycles. The first-order chi connectivity index (χ1) is 5.36. The summed E-state index contributed by atoms with van der Waals surface area (Å²) >= 11 is 0. The lowest BCUT2D eigenvalue weighted by Crippen LogP contribution is -2.09. The summed E-state index contributed by atoms with van der Waals surface area (Å²) in [5.41, 5.74) is 1.19. The van der Waals surface area contributed by atoms with Crippen LogP contribution in [0, 0.1) is 0 Å². The van der Waals surface area contributed by atoms with Crippen molar-refractivity contribution in [3.05, 3.63) is 12.2 Å². The van der Waals surface area contributed by atoms with Crippen molar-refractivity contribution in [2.75, 3.05) is 0 Å². The van der Waals surface area contributed by atoms with Crippen LogP contribution in [0.1, 0.15) is 19.3 Å². The Kier molecular flexibility index (Phi) is 1.06. The normalized spacial score (nSPS) is 53.6. The van der Waals surface area contributed by atoms with Crippen LogP contribution in [0.3, 0.4) is 0 Å². The highest BCUT2D eigenvalue weighted by molar-refractivity contribution is 5.24. The average molecular weight is 152 g/mol. The lowest BCUT2D eigenvalue weighted by atomic mass is 9.98. The second-order valence-corrected chi connectivity index (χ2v) is 3.70. The van der Waals surface area contributed by atoms with Gasteiger partial charge in [0.2, 0.25) is 0 Å². The molecule has 0 bridgehead atoms. The van der Waals surface area contributed by atoms with E-state index in [0.717, 1.165) is 0 Å². The molecule has 0 aromatic rings. The van der Waals surface area contributed by atoms with Gasteiger partial charge in [-0.25, -0.2) is 0 Å². The van der Waals surface area contributed by atoms with Gasteiger partial charge in [0.1, 0.15) is 12.2 Å². The first-order valence-electron chi connectivity index (χ1n) is 4.36. The van der Waals surface area contributed by atoms with E-state index in [1.165, 1.54) is 24.8 Å². The Balaban J connectivity index is 1.79. The Morgan fingerprint density at radius 1 is 1.09 bits per heavy atom. The quantitative estimate of drug-likeness (QED) is 0.385. The Morgan fingerprint density at radius 2 is 1.64 bits per heavy atom. The fourth-order valence-electron chi connectivity index (χ4n) is 2.06. The van der Waals surface area contributed by atoms with Gasteiger partial charge in [-0.05, 0) is 24.8 Å². The van der Waals surface area contributed by atoms with Crippen molar-refractivity contribution >= 4 is 0 Å². The zero-order valence-corrected chi connectivity index (χ0v) is 6.45. The van der Waals surface area contributed by atoms with E-state index in [0.29, 0.717) is 24.4 Å². The maximum absolute atomic E-state index is 5.47. The monoisotopic (exact) mass is 152 g/mol. The standard InChI is InChI=1S/C9H12O2/c1-5-8-6(10-8)3-2-4-7-9(5)11-7/h6-9H,1-4H2/t6-,7-,8+,9+/m1/s1. The van der Waals surface area contributed by atoms with E-state index in [4.69, 9.17) is 9.47 Å². The summed E-state index contributed by atoms with van der Waals surface area (Å²) in [7, 11) is 0. The van der Waals surface area contributed by atoms with Crippen LogP contribution in [-0.2, 0) is 9.47 Å². The Hall–Kier alpha value is -0.340.